The highest BCUT2D eigenvalue weighted by Gasteiger charge is 2.30. The Morgan fingerprint density at radius 3 is 2.33 bits per heavy atom. The van der Waals surface area contributed by atoms with Crippen LogP contribution in [0.3, 0.4) is 0 Å². The van der Waals surface area contributed by atoms with Gasteiger partial charge in [-0.25, -0.2) is 8.42 Å². The number of nitriles is 2. The fraction of sp³-hybridized carbons (Fsp3) is 0.556. The van der Waals surface area contributed by atoms with Crippen LogP contribution in [0.15, 0.2) is 23.1 Å². The number of methoxy groups -OCH3 is 2. The van der Waals surface area contributed by atoms with E-state index in [1.807, 2.05) is 0 Å². The van der Waals surface area contributed by atoms with Gasteiger partial charge in [0.15, 0.2) is 11.5 Å². The van der Waals surface area contributed by atoms with Gasteiger partial charge in [0.1, 0.15) is 0 Å². The van der Waals surface area contributed by atoms with E-state index in [1.54, 1.807) is 6.07 Å². The summed E-state index contributed by atoms with van der Waals surface area (Å²) in [5.41, 5.74) is 0. The lowest BCUT2D eigenvalue weighted by atomic mass is 10.0. The molecule has 1 saturated heterocycles. The number of piperazine rings is 1. The fourth-order valence-corrected chi connectivity index (χ4v) is 4.46. The van der Waals surface area contributed by atoms with Crippen molar-refractivity contribution in [3.05, 3.63) is 18.2 Å². The van der Waals surface area contributed by atoms with Gasteiger partial charge in [-0.2, -0.15) is 14.8 Å². The van der Waals surface area contributed by atoms with Gasteiger partial charge in [0.2, 0.25) is 10.0 Å². The topological polar surface area (TPSA) is 107 Å². The van der Waals surface area contributed by atoms with E-state index in [2.05, 4.69) is 17.0 Å². The molecule has 1 aliphatic heterocycles. The maximum atomic E-state index is 12.9. The summed E-state index contributed by atoms with van der Waals surface area (Å²) < 4.78 is 37.6. The van der Waals surface area contributed by atoms with Crippen LogP contribution < -0.4 is 9.47 Å². The van der Waals surface area contributed by atoms with E-state index in [9.17, 15) is 13.7 Å². The normalized spacial score (nSPS) is 16.9. The van der Waals surface area contributed by atoms with Gasteiger partial charge in [-0.3, -0.25) is 4.90 Å². The highest BCUT2D eigenvalue weighted by molar-refractivity contribution is 7.89. The lowest BCUT2D eigenvalue weighted by Crippen LogP contribution is -2.49. The summed E-state index contributed by atoms with van der Waals surface area (Å²) in [6.07, 6.45) is 0.892. The van der Waals surface area contributed by atoms with Gasteiger partial charge in [0, 0.05) is 45.2 Å². The molecule has 8 nitrogen and oxygen atoms in total. The fourth-order valence-electron chi connectivity index (χ4n) is 3.03. The number of nitrogens with zero attached hydrogens (tertiary/aromatic N) is 4. The van der Waals surface area contributed by atoms with Crippen LogP contribution in [0, 0.1) is 28.6 Å². The van der Waals surface area contributed by atoms with Crippen molar-refractivity contribution in [1.29, 1.82) is 10.5 Å². The number of ether oxygens (including phenoxy) is 2. The second-order valence-corrected chi connectivity index (χ2v) is 8.18. The van der Waals surface area contributed by atoms with E-state index < -0.39 is 10.0 Å². The summed E-state index contributed by atoms with van der Waals surface area (Å²) in [5, 5.41) is 17.8. The van der Waals surface area contributed by atoms with Crippen LogP contribution in [0.4, 0.5) is 0 Å². The van der Waals surface area contributed by atoms with Gasteiger partial charge >= 0.3 is 0 Å². The lowest BCUT2D eigenvalue weighted by Gasteiger charge is -2.34. The summed E-state index contributed by atoms with van der Waals surface area (Å²) in [7, 11) is -0.669. The molecule has 0 N–H and O–H groups in total. The molecule has 27 heavy (non-hydrogen) atoms. The van der Waals surface area contributed by atoms with Gasteiger partial charge in [-0.15, -0.1) is 0 Å². The van der Waals surface area contributed by atoms with E-state index >= 15 is 0 Å². The second kappa shape index (κ2) is 9.56. The molecule has 0 saturated carbocycles. The Balaban J connectivity index is 2.02. The standard InChI is InChI=1S/C18H24N4O4S/c1-25-17-6-5-16(12-18(17)26-2)27(23,24)22-10-8-21(9-11-22)14-15(13-20)4-3-7-19/h5-6,12,15H,3-4,8-11,14H2,1-2H3. The Labute approximate surface area is 160 Å². The molecule has 0 radical (unpaired) electrons. The molecule has 0 aromatic heterocycles. The molecular weight excluding hydrogens is 368 g/mol. The van der Waals surface area contributed by atoms with Crippen molar-refractivity contribution in [3.8, 4) is 23.6 Å². The number of rotatable bonds is 8. The molecule has 0 amide bonds. The SMILES string of the molecule is COc1ccc(S(=O)(=O)N2CCN(CC(C#N)CCC#N)CC2)cc1OC. The van der Waals surface area contributed by atoms with Crippen molar-refractivity contribution in [2.45, 2.75) is 17.7 Å². The van der Waals surface area contributed by atoms with Gasteiger partial charge in [0.25, 0.3) is 0 Å². The number of hydrogen-bond acceptors (Lipinski definition) is 7. The van der Waals surface area contributed by atoms with Crippen LogP contribution in [0.2, 0.25) is 0 Å². The minimum Gasteiger partial charge on any atom is -0.493 e. The van der Waals surface area contributed by atoms with Crippen LogP contribution in [-0.4, -0.2) is 64.6 Å². The molecule has 146 valence electrons. The average Bonchev–Trinajstić information content (AvgIpc) is 2.70. The first-order valence-electron chi connectivity index (χ1n) is 8.67. The van der Waals surface area contributed by atoms with Gasteiger partial charge < -0.3 is 9.47 Å². The average molecular weight is 392 g/mol. The Morgan fingerprint density at radius 2 is 1.78 bits per heavy atom. The first-order valence-corrected chi connectivity index (χ1v) is 10.1. The third-order valence-corrected chi connectivity index (χ3v) is 6.48. The monoisotopic (exact) mass is 392 g/mol. The quantitative estimate of drug-likeness (QED) is 0.659. The van der Waals surface area contributed by atoms with Crippen molar-refractivity contribution in [2.24, 2.45) is 5.92 Å². The van der Waals surface area contributed by atoms with E-state index in [-0.39, 0.29) is 10.8 Å². The van der Waals surface area contributed by atoms with Crippen molar-refractivity contribution in [3.63, 3.8) is 0 Å². The van der Waals surface area contributed by atoms with Crippen LogP contribution in [0.1, 0.15) is 12.8 Å². The van der Waals surface area contributed by atoms with Crippen molar-refractivity contribution in [2.75, 3.05) is 46.9 Å². The largest absolute Gasteiger partial charge is 0.493 e. The van der Waals surface area contributed by atoms with Crippen molar-refractivity contribution >= 4 is 10.0 Å². The summed E-state index contributed by atoms with van der Waals surface area (Å²) in [6.45, 7) is 2.37. The van der Waals surface area contributed by atoms with Crippen molar-refractivity contribution in [1.82, 2.24) is 9.21 Å². The van der Waals surface area contributed by atoms with E-state index in [4.69, 9.17) is 14.7 Å². The summed E-state index contributed by atoms with van der Waals surface area (Å²) in [4.78, 5) is 2.24. The predicted octanol–water partition coefficient (Wildman–Crippen LogP) is 1.45. The summed E-state index contributed by atoms with van der Waals surface area (Å²) >= 11 is 0. The Kier molecular flexibility index (Phi) is 7.43. The number of benzene rings is 1. The highest BCUT2D eigenvalue weighted by atomic mass is 32.2. The Hall–Kier alpha value is -2.33. The zero-order valence-corrected chi connectivity index (χ0v) is 16.4. The first kappa shape index (κ1) is 21.0. The van der Waals surface area contributed by atoms with Crippen LogP contribution in [0.25, 0.3) is 0 Å². The highest BCUT2D eigenvalue weighted by Crippen LogP contribution is 2.30. The molecular formula is C18H24N4O4S. The summed E-state index contributed by atoms with van der Waals surface area (Å²) in [5.74, 6) is 0.631. The molecule has 0 aliphatic carbocycles. The molecule has 0 bridgehead atoms. The molecule has 1 atom stereocenters. The molecule has 2 rings (SSSR count). The lowest BCUT2D eigenvalue weighted by molar-refractivity contribution is 0.173. The molecule has 1 aliphatic rings. The molecule has 0 spiro atoms. The number of sulfonamides is 1. The smallest absolute Gasteiger partial charge is 0.243 e. The van der Waals surface area contributed by atoms with E-state index in [0.29, 0.717) is 57.1 Å². The minimum atomic E-state index is -3.63. The molecule has 1 aromatic carbocycles. The van der Waals surface area contributed by atoms with Gasteiger partial charge in [0.05, 0.1) is 37.2 Å². The molecule has 1 fully saturated rings. The van der Waals surface area contributed by atoms with E-state index in [0.717, 1.165) is 0 Å². The molecule has 1 heterocycles. The maximum absolute atomic E-state index is 12.9. The summed E-state index contributed by atoms with van der Waals surface area (Å²) in [6, 6.07) is 8.84. The Morgan fingerprint density at radius 1 is 1.11 bits per heavy atom. The first-order chi connectivity index (χ1) is 13.0. The third-order valence-electron chi connectivity index (χ3n) is 4.59. The van der Waals surface area contributed by atoms with Crippen molar-refractivity contribution < 1.29 is 17.9 Å². The van der Waals surface area contributed by atoms with Gasteiger partial charge in [-0.05, 0) is 18.6 Å². The third kappa shape index (κ3) is 5.10. The van der Waals surface area contributed by atoms with Crippen LogP contribution in [0.5, 0.6) is 11.5 Å². The van der Waals surface area contributed by atoms with Gasteiger partial charge in [-0.1, -0.05) is 0 Å². The predicted molar refractivity (Wildman–Crippen MR) is 98.7 cm³/mol. The van der Waals surface area contributed by atoms with Crippen LogP contribution in [-0.2, 0) is 10.0 Å². The minimum absolute atomic E-state index is 0.164. The zero-order chi connectivity index (χ0) is 19.9. The molecule has 1 aromatic rings. The Bertz CT molecular complexity index is 821. The zero-order valence-electron chi connectivity index (χ0n) is 15.6. The maximum Gasteiger partial charge on any atom is 0.243 e. The van der Waals surface area contributed by atoms with E-state index in [1.165, 1.54) is 30.7 Å². The molecule has 1 unspecified atom stereocenters. The second-order valence-electron chi connectivity index (χ2n) is 6.24. The number of hydrogen-bond donors (Lipinski definition) is 0. The van der Waals surface area contributed by atoms with Crippen LogP contribution >= 0.6 is 0 Å². The molecule has 9 heteroatoms.